The zero-order valence-electron chi connectivity index (χ0n) is 10.8. The molecule has 1 rings (SSSR count). The Balaban J connectivity index is 2.35. The van der Waals surface area contributed by atoms with Crippen molar-refractivity contribution in [2.75, 3.05) is 19.6 Å². The fraction of sp³-hybridized carbons (Fsp3) is 0.692. The molecular weight excluding hydrogens is 232 g/mol. The molecule has 2 atom stereocenters. The van der Waals surface area contributed by atoms with Crippen LogP contribution in [0, 0.1) is 11.8 Å². The Kier molecular flexibility index (Phi) is 6.43. The number of hydrogen-bond acceptors (Lipinski definition) is 3. The van der Waals surface area contributed by atoms with E-state index in [-0.39, 0.29) is 5.91 Å². The van der Waals surface area contributed by atoms with Crippen LogP contribution in [0.1, 0.15) is 26.2 Å². The summed E-state index contributed by atoms with van der Waals surface area (Å²) < 4.78 is 0. The normalized spacial score (nSPS) is 22.7. The summed E-state index contributed by atoms with van der Waals surface area (Å²) in [6.07, 6.45) is 5.57. The van der Waals surface area contributed by atoms with E-state index in [4.69, 9.17) is 5.11 Å². The van der Waals surface area contributed by atoms with Crippen molar-refractivity contribution in [2.24, 2.45) is 11.8 Å². The summed E-state index contributed by atoms with van der Waals surface area (Å²) in [6, 6.07) is 0. The molecule has 5 heteroatoms. The van der Waals surface area contributed by atoms with Crippen LogP contribution >= 0.6 is 0 Å². The fourth-order valence-corrected chi connectivity index (χ4v) is 2.11. The van der Waals surface area contributed by atoms with Gasteiger partial charge in [-0.1, -0.05) is 19.1 Å². The molecule has 0 fully saturated rings. The van der Waals surface area contributed by atoms with E-state index in [0.717, 1.165) is 19.5 Å². The second-order valence-electron chi connectivity index (χ2n) is 4.49. The van der Waals surface area contributed by atoms with E-state index >= 15 is 0 Å². The van der Waals surface area contributed by atoms with Gasteiger partial charge < -0.3 is 15.7 Å². The minimum Gasteiger partial charge on any atom is -0.481 e. The first-order chi connectivity index (χ1) is 8.66. The van der Waals surface area contributed by atoms with E-state index < -0.39 is 17.8 Å². The van der Waals surface area contributed by atoms with Crippen LogP contribution in [-0.2, 0) is 9.59 Å². The Hall–Kier alpha value is -1.36. The van der Waals surface area contributed by atoms with E-state index in [1.165, 1.54) is 0 Å². The summed E-state index contributed by atoms with van der Waals surface area (Å²) in [5.74, 6) is -2.02. The standard InChI is InChI=1S/C13H22N2O3/c1-2-14-8-5-9-15-12(16)10-6-3-4-7-11(10)13(17)18/h3-4,10-11,14H,2,5-9H2,1H3,(H,15,16)(H,17,18)/t10-,11+/m1/s1. The number of hydrogen-bond donors (Lipinski definition) is 3. The quantitative estimate of drug-likeness (QED) is 0.463. The smallest absolute Gasteiger partial charge is 0.307 e. The first kappa shape index (κ1) is 14.7. The number of allylic oxidation sites excluding steroid dienone is 2. The lowest BCUT2D eigenvalue weighted by Crippen LogP contribution is -2.39. The summed E-state index contributed by atoms with van der Waals surface area (Å²) in [5, 5.41) is 15.1. The van der Waals surface area contributed by atoms with Crippen molar-refractivity contribution in [1.29, 1.82) is 0 Å². The molecule has 0 spiro atoms. The van der Waals surface area contributed by atoms with Gasteiger partial charge in [-0.05, 0) is 32.4 Å². The number of carboxylic acid groups (broad SMARTS) is 1. The number of aliphatic carboxylic acids is 1. The maximum Gasteiger partial charge on any atom is 0.307 e. The van der Waals surface area contributed by atoms with Crippen LogP contribution in [0.3, 0.4) is 0 Å². The van der Waals surface area contributed by atoms with Gasteiger partial charge in [0.25, 0.3) is 0 Å². The zero-order chi connectivity index (χ0) is 13.4. The summed E-state index contributed by atoms with van der Waals surface area (Å²) >= 11 is 0. The molecule has 5 nitrogen and oxygen atoms in total. The van der Waals surface area contributed by atoms with Crippen LogP contribution in [0.25, 0.3) is 0 Å². The molecule has 3 N–H and O–H groups in total. The molecule has 0 radical (unpaired) electrons. The van der Waals surface area contributed by atoms with Gasteiger partial charge in [0.05, 0.1) is 11.8 Å². The molecule has 1 amide bonds. The van der Waals surface area contributed by atoms with Crippen molar-refractivity contribution < 1.29 is 14.7 Å². The lowest BCUT2D eigenvalue weighted by atomic mass is 9.82. The monoisotopic (exact) mass is 254 g/mol. The fourth-order valence-electron chi connectivity index (χ4n) is 2.11. The van der Waals surface area contributed by atoms with Crippen molar-refractivity contribution in [1.82, 2.24) is 10.6 Å². The number of amides is 1. The van der Waals surface area contributed by atoms with Gasteiger partial charge in [-0.2, -0.15) is 0 Å². The van der Waals surface area contributed by atoms with Crippen molar-refractivity contribution in [3.05, 3.63) is 12.2 Å². The van der Waals surface area contributed by atoms with Gasteiger partial charge >= 0.3 is 5.97 Å². The molecule has 0 saturated carbocycles. The highest BCUT2D eigenvalue weighted by Gasteiger charge is 2.33. The number of nitrogens with one attached hydrogen (secondary N) is 2. The minimum atomic E-state index is -0.882. The third kappa shape index (κ3) is 4.49. The average Bonchev–Trinajstić information content (AvgIpc) is 2.38. The van der Waals surface area contributed by atoms with E-state index in [1.54, 1.807) is 0 Å². The van der Waals surface area contributed by atoms with Crippen LogP contribution in [-0.4, -0.2) is 36.6 Å². The van der Waals surface area contributed by atoms with E-state index in [9.17, 15) is 9.59 Å². The molecule has 18 heavy (non-hydrogen) atoms. The number of carbonyl (C=O) groups is 2. The molecule has 0 bridgehead atoms. The molecule has 0 aliphatic heterocycles. The predicted octanol–water partition coefficient (Wildman–Crippen LogP) is 0.769. The number of carbonyl (C=O) groups excluding carboxylic acids is 1. The summed E-state index contributed by atoms with van der Waals surface area (Å²) in [5.41, 5.74) is 0. The number of carboxylic acids is 1. The zero-order valence-corrected chi connectivity index (χ0v) is 10.8. The first-order valence-electron chi connectivity index (χ1n) is 6.53. The largest absolute Gasteiger partial charge is 0.481 e. The molecule has 1 aliphatic carbocycles. The van der Waals surface area contributed by atoms with Crippen LogP contribution < -0.4 is 10.6 Å². The summed E-state index contributed by atoms with van der Waals surface area (Å²) in [6.45, 7) is 4.41. The molecule has 0 unspecified atom stereocenters. The molecule has 0 saturated heterocycles. The lowest BCUT2D eigenvalue weighted by Gasteiger charge is -2.24. The third-order valence-electron chi connectivity index (χ3n) is 3.17. The van der Waals surface area contributed by atoms with E-state index in [1.807, 2.05) is 19.1 Å². The first-order valence-corrected chi connectivity index (χ1v) is 6.53. The maximum absolute atomic E-state index is 11.9. The molecule has 0 aromatic heterocycles. The minimum absolute atomic E-state index is 0.136. The van der Waals surface area contributed by atoms with Gasteiger partial charge in [-0.25, -0.2) is 0 Å². The van der Waals surface area contributed by atoms with Crippen LogP contribution in [0.4, 0.5) is 0 Å². The highest BCUT2D eigenvalue weighted by molar-refractivity contribution is 5.85. The summed E-state index contributed by atoms with van der Waals surface area (Å²) in [4.78, 5) is 23.0. The topological polar surface area (TPSA) is 78.4 Å². The highest BCUT2D eigenvalue weighted by atomic mass is 16.4. The lowest BCUT2D eigenvalue weighted by molar-refractivity contribution is -0.147. The Morgan fingerprint density at radius 1 is 1.22 bits per heavy atom. The Bertz CT molecular complexity index is 315. The average molecular weight is 254 g/mol. The van der Waals surface area contributed by atoms with Gasteiger partial charge in [-0.3, -0.25) is 9.59 Å². The van der Waals surface area contributed by atoms with Gasteiger partial charge in [-0.15, -0.1) is 0 Å². The molecule has 1 aliphatic rings. The van der Waals surface area contributed by atoms with Crippen LogP contribution in [0.15, 0.2) is 12.2 Å². The van der Waals surface area contributed by atoms with Crippen molar-refractivity contribution in [2.45, 2.75) is 26.2 Å². The molecule has 0 heterocycles. The Labute approximate surface area is 108 Å². The van der Waals surface area contributed by atoms with Crippen LogP contribution in [0.5, 0.6) is 0 Å². The van der Waals surface area contributed by atoms with Crippen molar-refractivity contribution >= 4 is 11.9 Å². The number of rotatable bonds is 7. The highest BCUT2D eigenvalue weighted by Crippen LogP contribution is 2.25. The second-order valence-corrected chi connectivity index (χ2v) is 4.49. The van der Waals surface area contributed by atoms with Gasteiger partial charge in [0.15, 0.2) is 0 Å². The Morgan fingerprint density at radius 2 is 1.89 bits per heavy atom. The molecule has 102 valence electrons. The Morgan fingerprint density at radius 3 is 2.50 bits per heavy atom. The molecule has 0 aromatic rings. The predicted molar refractivity (Wildman–Crippen MR) is 69.2 cm³/mol. The second kappa shape index (κ2) is 7.87. The van der Waals surface area contributed by atoms with Gasteiger partial charge in [0.1, 0.15) is 0 Å². The molecular formula is C13H22N2O3. The van der Waals surface area contributed by atoms with Crippen LogP contribution in [0.2, 0.25) is 0 Å². The third-order valence-corrected chi connectivity index (χ3v) is 3.17. The van der Waals surface area contributed by atoms with E-state index in [0.29, 0.717) is 19.4 Å². The van der Waals surface area contributed by atoms with Gasteiger partial charge in [0.2, 0.25) is 5.91 Å². The van der Waals surface area contributed by atoms with Crippen molar-refractivity contribution in [3.8, 4) is 0 Å². The SMILES string of the molecule is CCNCCCNC(=O)[C@@H]1CC=CC[C@@H]1C(=O)O. The summed E-state index contributed by atoms with van der Waals surface area (Å²) in [7, 11) is 0. The molecule has 0 aromatic carbocycles. The van der Waals surface area contributed by atoms with Gasteiger partial charge in [0, 0.05) is 6.54 Å². The maximum atomic E-state index is 11.9. The van der Waals surface area contributed by atoms with Crippen molar-refractivity contribution in [3.63, 3.8) is 0 Å². The van der Waals surface area contributed by atoms with E-state index in [2.05, 4.69) is 10.6 Å².